The van der Waals surface area contributed by atoms with Crippen LogP contribution in [-0.2, 0) is 14.3 Å². The molecule has 0 unspecified atom stereocenters. The minimum atomic E-state index is -0.265. The molecule has 1 spiro atoms. The largest absolute Gasteiger partial charge is 0.371 e. The number of carbonyl (C=O) groups is 1. The predicted octanol–water partition coefficient (Wildman–Crippen LogP) is 4.50. The van der Waals surface area contributed by atoms with Crippen LogP contribution in [0.15, 0.2) is 48.5 Å². The van der Waals surface area contributed by atoms with E-state index in [0.717, 1.165) is 52.2 Å². The van der Waals surface area contributed by atoms with Crippen LogP contribution in [0.4, 0.5) is 11.4 Å². The van der Waals surface area contributed by atoms with Gasteiger partial charge in [-0.1, -0.05) is 36.4 Å². The Labute approximate surface area is 185 Å². The van der Waals surface area contributed by atoms with Gasteiger partial charge in [-0.25, -0.2) is 0 Å². The normalized spacial score (nSPS) is 20.5. The molecular weight excluding hydrogens is 388 g/mol. The highest BCUT2D eigenvalue weighted by Gasteiger charge is 2.39. The molecule has 0 amide bonds. The summed E-state index contributed by atoms with van der Waals surface area (Å²) < 4.78 is 11.5. The summed E-state index contributed by atoms with van der Waals surface area (Å²) >= 11 is 0. The molecule has 3 aliphatic heterocycles. The van der Waals surface area contributed by atoms with E-state index in [1.807, 2.05) is 6.07 Å². The Bertz CT molecular complexity index is 872. The highest BCUT2D eigenvalue weighted by Crippen LogP contribution is 2.33. The van der Waals surface area contributed by atoms with E-state index in [1.165, 1.54) is 22.5 Å². The molecule has 2 aromatic carbocycles. The summed E-state index contributed by atoms with van der Waals surface area (Å²) in [6, 6.07) is 16.9. The average Bonchev–Trinajstić information content (AvgIpc) is 3.24. The van der Waals surface area contributed by atoms with E-state index in [4.69, 9.17) is 9.47 Å². The Morgan fingerprint density at radius 2 is 1.16 bits per heavy atom. The fourth-order valence-corrected chi connectivity index (χ4v) is 4.71. The Morgan fingerprint density at radius 1 is 0.710 bits per heavy atom. The first kappa shape index (κ1) is 21.8. The summed E-state index contributed by atoms with van der Waals surface area (Å²) in [5.41, 5.74) is 5.26. The first-order valence-electron chi connectivity index (χ1n) is 11.5. The number of para-hydroxylation sites is 2. The maximum atomic E-state index is 11.1. The van der Waals surface area contributed by atoms with Crippen molar-refractivity contribution in [2.75, 3.05) is 49.2 Å². The third-order valence-corrected chi connectivity index (χ3v) is 6.57. The number of hydrogen-bond donors (Lipinski definition) is 0. The van der Waals surface area contributed by atoms with Gasteiger partial charge < -0.3 is 19.3 Å². The maximum Gasteiger partial charge on any atom is 0.171 e. The Balaban J connectivity index is 0.000000152. The number of hydrogen-bond acceptors (Lipinski definition) is 5. The number of carbonyl (C=O) groups excluding carboxylic acids is 1. The molecule has 3 aliphatic rings. The SMILES string of the molecule is Cc1ccccc1N1CCC(=O)CC1.Cc1ccccc1N1CCC2(CC1)OCCO2. The molecule has 5 rings (SSSR count). The number of benzene rings is 2. The topological polar surface area (TPSA) is 42.0 Å². The minimum Gasteiger partial charge on any atom is -0.371 e. The van der Waals surface area contributed by atoms with Crippen molar-refractivity contribution in [2.45, 2.75) is 45.3 Å². The van der Waals surface area contributed by atoms with Gasteiger partial charge in [-0.05, 0) is 37.1 Å². The van der Waals surface area contributed by atoms with Crippen LogP contribution in [0.2, 0.25) is 0 Å². The quantitative estimate of drug-likeness (QED) is 0.713. The molecule has 0 bridgehead atoms. The lowest BCUT2D eigenvalue weighted by atomic mass is 10.0. The van der Waals surface area contributed by atoms with Crippen molar-refractivity contribution in [3.63, 3.8) is 0 Å². The smallest absolute Gasteiger partial charge is 0.171 e. The van der Waals surface area contributed by atoms with E-state index >= 15 is 0 Å². The van der Waals surface area contributed by atoms with Gasteiger partial charge in [-0.2, -0.15) is 0 Å². The van der Waals surface area contributed by atoms with E-state index < -0.39 is 0 Å². The zero-order chi connectivity index (χ0) is 21.7. The monoisotopic (exact) mass is 422 g/mol. The fourth-order valence-electron chi connectivity index (χ4n) is 4.71. The molecule has 0 N–H and O–H groups in total. The summed E-state index contributed by atoms with van der Waals surface area (Å²) in [4.78, 5) is 15.8. The Kier molecular flexibility index (Phi) is 6.93. The van der Waals surface area contributed by atoms with Crippen LogP contribution < -0.4 is 9.80 Å². The number of ketones is 1. The molecule has 3 heterocycles. The first-order chi connectivity index (χ1) is 15.1. The zero-order valence-electron chi connectivity index (χ0n) is 18.8. The average molecular weight is 423 g/mol. The standard InChI is InChI=1S/C14H19NO2.C12H15NO/c1-12-4-2-3-5-13(12)15-8-6-14(7-9-15)16-10-11-17-14;1-10-4-2-3-5-12(10)13-8-6-11(14)7-9-13/h2-5H,6-11H2,1H3;2-5H,6-9H2,1H3. The molecule has 0 radical (unpaired) electrons. The molecule has 5 heteroatoms. The van der Waals surface area contributed by atoms with Crippen molar-refractivity contribution in [2.24, 2.45) is 0 Å². The second kappa shape index (κ2) is 9.84. The third kappa shape index (κ3) is 5.28. The highest BCUT2D eigenvalue weighted by atomic mass is 16.7. The van der Waals surface area contributed by atoms with Gasteiger partial charge in [-0.3, -0.25) is 4.79 Å². The van der Waals surface area contributed by atoms with Gasteiger partial charge in [0.25, 0.3) is 0 Å². The van der Waals surface area contributed by atoms with Crippen LogP contribution in [0.25, 0.3) is 0 Å². The predicted molar refractivity (Wildman–Crippen MR) is 125 cm³/mol. The van der Waals surface area contributed by atoms with Crippen LogP contribution in [0.1, 0.15) is 36.8 Å². The zero-order valence-corrected chi connectivity index (χ0v) is 18.8. The second-order valence-corrected chi connectivity index (χ2v) is 8.69. The van der Waals surface area contributed by atoms with E-state index in [-0.39, 0.29) is 5.79 Å². The minimum absolute atomic E-state index is 0.265. The number of rotatable bonds is 2. The number of piperidine rings is 2. The molecule has 166 valence electrons. The molecule has 0 saturated carbocycles. The van der Waals surface area contributed by atoms with Crippen LogP contribution in [0.5, 0.6) is 0 Å². The van der Waals surface area contributed by atoms with Gasteiger partial charge in [-0.15, -0.1) is 0 Å². The van der Waals surface area contributed by atoms with Crippen molar-refractivity contribution in [1.82, 2.24) is 0 Å². The van der Waals surface area contributed by atoms with Crippen molar-refractivity contribution >= 4 is 17.2 Å². The summed E-state index contributed by atoms with van der Waals surface area (Å²) in [6.45, 7) is 9.59. The van der Waals surface area contributed by atoms with Gasteiger partial charge in [0.2, 0.25) is 0 Å². The van der Waals surface area contributed by atoms with Crippen LogP contribution in [0, 0.1) is 13.8 Å². The van der Waals surface area contributed by atoms with Crippen molar-refractivity contribution in [1.29, 1.82) is 0 Å². The first-order valence-corrected chi connectivity index (χ1v) is 11.5. The summed E-state index contributed by atoms with van der Waals surface area (Å²) in [5, 5.41) is 0. The van der Waals surface area contributed by atoms with Gasteiger partial charge in [0.1, 0.15) is 5.78 Å². The number of aryl methyl sites for hydroxylation is 2. The van der Waals surface area contributed by atoms with Crippen LogP contribution in [0.3, 0.4) is 0 Å². The van der Waals surface area contributed by atoms with Gasteiger partial charge >= 0.3 is 0 Å². The van der Waals surface area contributed by atoms with E-state index in [2.05, 4.69) is 66.1 Å². The lowest BCUT2D eigenvalue weighted by Crippen LogP contribution is -2.45. The molecule has 5 nitrogen and oxygen atoms in total. The van der Waals surface area contributed by atoms with Crippen molar-refractivity contribution in [3.05, 3.63) is 59.7 Å². The van der Waals surface area contributed by atoms with Crippen molar-refractivity contribution < 1.29 is 14.3 Å². The summed E-state index contributed by atoms with van der Waals surface area (Å²) in [5.74, 6) is 0.133. The maximum absolute atomic E-state index is 11.1. The number of Topliss-reactive ketones (excluding diaryl/α,β-unsaturated/α-hetero) is 1. The number of anilines is 2. The molecule has 2 aromatic rings. The van der Waals surface area contributed by atoms with Gasteiger partial charge in [0.05, 0.1) is 13.2 Å². The molecule has 0 atom stereocenters. The third-order valence-electron chi connectivity index (χ3n) is 6.57. The van der Waals surface area contributed by atoms with E-state index in [9.17, 15) is 4.79 Å². The molecule has 3 saturated heterocycles. The Morgan fingerprint density at radius 3 is 1.65 bits per heavy atom. The van der Waals surface area contributed by atoms with E-state index in [1.54, 1.807) is 0 Å². The summed E-state index contributed by atoms with van der Waals surface area (Å²) in [7, 11) is 0. The van der Waals surface area contributed by atoms with E-state index in [0.29, 0.717) is 18.6 Å². The van der Waals surface area contributed by atoms with Crippen LogP contribution >= 0.6 is 0 Å². The fraction of sp³-hybridized carbons (Fsp3) is 0.500. The molecular formula is C26H34N2O3. The Hall–Kier alpha value is -2.37. The van der Waals surface area contributed by atoms with Gasteiger partial charge in [0, 0.05) is 63.2 Å². The second-order valence-electron chi connectivity index (χ2n) is 8.69. The summed E-state index contributed by atoms with van der Waals surface area (Å²) in [6.07, 6.45) is 3.35. The molecule has 0 aromatic heterocycles. The molecule has 31 heavy (non-hydrogen) atoms. The van der Waals surface area contributed by atoms with Gasteiger partial charge in [0.15, 0.2) is 5.79 Å². The van der Waals surface area contributed by atoms with Crippen molar-refractivity contribution in [3.8, 4) is 0 Å². The molecule has 3 fully saturated rings. The lowest BCUT2D eigenvalue weighted by molar-refractivity contribution is -0.169. The number of nitrogens with zero attached hydrogens (tertiary/aromatic N) is 2. The lowest BCUT2D eigenvalue weighted by Gasteiger charge is -2.39. The number of ether oxygens (including phenoxy) is 2. The van der Waals surface area contributed by atoms with Crippen LogP contribution in [-0.4, -0.2) is 51.0 Å². The molecule has 0 aliphatic carbocycles. The highest BCUT2D eigenvalue weighted by molar-refractivity contribution is 5.81.